The van der Waals surface area contributed by atoms with E-state index in [1.807, 2.05) is 0 Å². The average Bonchev–Trinajstić information content (AvgIpc) is 2.85. The third-order valence-corrected chi connectivity index (χ3v) is 4.76. The second-order valence-corrected chi connectivity index (χ2v) is 6.20. The quantitative estimate of drug-likeness (QED) is 0.817. The number of nitrogens with two attached hydrogens (primary N) is 1. The first kappa shape index (κ1) is 16.8. The Morgan fingerprint density at radius 2 is 1.68 bits per heavy atom. The summed E-state index contributed by atoms with van der Waals surface area (Å²) in [5.74, 6) is 1.50. The molecule has 3 N–H and O–H groups in total. The zero-order valence-corrected chi connectivity index (χ0v) is 12.7. The van der Waals surface area contributed by atoms with Crippen LogP contribution in [0.4, 0.5) is 0 Å². The Morgan fingerprint density at radius 3 is 2.37 bits per heavy atom. The highest BCUT2D eigenvalue weighted by Crippen LogP contribution is 2.27. The van der Waals surface area contributed by atoms with Gasteiger partial charge >= 0.3 is 0 Å². The van der Waals surface area contributed by atoms with Crippen LogP contribution in [0.3, 0.4) is 0 Å². The fourth-order valence-electron chi connectivity index (χ4n) is 3.51. The van der Waals surface area contributed by atoms with Gasteiger partial charge in [0.25, 0.3) is 0 Å². The smallest absolute Gasteiger partial charge is 0.220 e. The molecule has 0 radical (unpaired) electrons. The highest BCUT2D eigenvalue weighted by Gasteiger charge is 2.24. The molecule has 2 aliphatic rings. The minimum atomic E-state index is 0. The van der Waals surface area contributed by atoms with Gasteiger partial charge in [-0.3, -0.25) is 4.79 Å². The molecule has 0 spiro atoms. The van der Waals surface area contributed by atoms with E-state index in [9.17, 15) is 4.79 Å². The van der Waals surface area contributed by atoms with Gasteiger partial charge in [-0.25, -0.2) is 0 Å². The van der Waals surface area contributed by atoms with Crippen LogP contribution in [0.25, 0.3) is 0 Å². The number of carbonyl (C=O) groups is 1. The van der Waals surface area contributed by atoms with Gasteiger partial charge in [-0.05, 0) is 31.1 Å². The summed E-state index contributed by atoms with van der Waals surface area (Å²) in [6.07, 6.45) is 12.0. The van der Waals surface area contributed by atoms with E-state index in [0.717, 1.165) is 25.3 Å². The second-order valence-electron chi connectivity index (χ2n) is 6.20. The number of rotatable bonds is 5. The molecule has 2 atom stereocenters. The van der Waals surface area contributed by atoms with Crippen molar-refractivity contribution in [2.45, 2.75) is 70.3 Å². The summed E-state index contributed by atoms with van der Waals surface area (Å²) in [4.78, 5) is 11.9. The summed E-state index contributed by atoms with van der Waals surface area (Å²) in [6.45, 7) is 0.867. The molecule has 0 heterocycles. The van der Waals surface area contributed by atoms with Gasteiger partial charge < -0.3 is 11.1 Å². The minimum absolute atomic E-state index is 0. The number of nitrogens with one attached hydrogen (secondary N) is 1. The normalized spacial score (nSPS) is 27.8. The summed E-state index contributed by atoms with van der Waals surface area (Å²) in [7, 11) is 0. The van der Waals surface area contributed by atoms with Gasteiger partial charge in [-0.15, -0.1) is 12.4 Å². The van der Waals surface area contributed by atoms with Crippen LogP contribution in [-0.2, 0) is 4.79 Å². The SMILES string of the molecule is Cl.NC1CCCCC1CC(=O)NCCC1CCCC1. The predicted octanol–water partition coefficient (Wildman–Crippen LogP) is 3.01. The Balaban J connectivity index is 0.00000180. The fourth-order valence-corrected chi connectivity index (χ4v) is 3.51. The topological polar surface area (TPSA) is 55.1 Å². The van der Waals surface area contributed by atoms with Gasteiger partial charge in [0, 0.05) is 19.0 Å². The van der Waals surface area contributed by atoms with Gasteiger partial charge in [0.2, 0.25) is 5.91 Å². The van der Waals surface area contributed by atoms with Gasteiger partial charge in [-0.1, -0.05) is 38.5 Å². The van der Waals surface area contributed by atoms with E-state index in [0.29, 0.717) is 12.3 Å². The molecule has 0 saturated heterocycles. The number of carbonyl (C=O) groups excluding carboxylic acids is 1. The third-order valence-electron chi connectivity index (χ3n) is 4.76. The zero-order chi connectivity index (χ0) is 12.8. The number of hydrogen-bond donors (Lipinski definition) is 2. The molecule has 112 valence electrons. The molecule has 4 heteroatoms. The largest absolute Gasteiger partial charge is 0.356 e. The van der Waals surface area contributed by atoms with Crippen molar-refractivity contribution in [2.24, 2.45) is 17.6 Å². The third kappa shape index (κ3) is 5.70. The molecule has 0 aromatic heterocycles. The molecule has 2 saturated carbocycles. The summed E-state index contributed by atoms with van der Waals surface area (Å²) in [5.41, 5.74) is 6.08. The van der Waals surface area contributed by atoms with Crippen LogP contribution in [0.5, 0.6) is 0 Å². The van der Waals surface area contributed by atoms with Crippen LogP contribution in [-0.4, -0.2) is 18.5 Å². The van der Waals surface area contributed by atoms with Crippen molar-refractivity contribution in [2.75, 3.05) is 6.54 Å². The number of hydrogen-bond acceptors (Lipinski definition) is 2. The standard InChI is InChI=1S/C15H28N2O.ClH/c16-14-8-4-3-7-13(14)11-15(18)17-10-9-12-5-1-2-6-12;/h12-14H,1-11,16H2,(H,17,18);1H. The number of halogens is 1. The summed E-state index contributed by atoms with van der Waals surface area (Å²) >= 11 is 0. The van der Waals surface area contributed by atoms with Gasteiger partial charge in [0.15, 0.2) is 0 Å². The van der Waals surface area contributed by atoms with Crippen LogP contribution in [0.2, 0.25) is 0 Å². The maximum Gasteiger partial charge on any atom is 0.220 e. The van der Waals surface area contributed by atoms with E-state index in [1.165, 1.54) is 44.9 Å². The highest BCUT2D eigenvalue weighted by atomic mass is 35.5. The molecule has 0 bridgehead atoms. The molecular formula is C15H29ClN2O. The van der Waals surface area contributed by atoms with Gasteiger partial charge in [-0.2, -0.15) is 0 Å². The molecule has 0 aromatic rings. The van der Waals surface area contributed by atoms with Crippen molar-refractivity contribution in [3.63, 3.8) is 0 Å². The monoisotopic (exact) mass is 288 g/mol. The first-order valence-corrected chi connectivity index (χ1v) is 7.78. The van der Waals surface area contributed by atoms with Crippen LogP contribution in [0.1, 0.15) is 64.2 Å². The lowest BCUT2D eigenvalue weighted by Gasteiger charge is -2.28. The number of amides is 1. The molecule has 0 aromatic carbocycles. The maximum absolute atomic E-state index is 11.9. The Labute approximate surface area is 123 Å². The van der Waals surface area contributed by atoms with Crippen molar-refractivity contribution in [3.05, 3.63) is 0 Å². The lowest BCUT2D eigenvalue weighted by molar-refractivity contribution is -0.122. The first-order valence-electron chi connectivity index (χ1n) is 7.78. The zero-order valence-electron chi connectivity index (χ0n) is 11.9. The van der Waals surface area contributed by atoms with E-state index >= 15 is 0 Å². The second kappa shape index (κ2) is 8.80. The molecule has 3 nitrogen and oxygen atoms in total. The summed E-state index contributed by atoms with van der Waals surface area (Å²) in [5, 5.41) is 3.08. The average molecular weight is 289 g/mol. The van der Waals surface area contributed by atoms with Crippen molar-refractivity contribution in [1.29, 1.82) is 0 Å². The molecule has 0 aliphatic heterocycles. The van der Waals surface area contributed by atoms with Crippen LogP contribution in [0, 0.1) is 11.8 Å². The van der Waals surface area contributed by atoms with Crippen LogP contribution < -0.4 is 11.1 Å². The van der Waals surface area contributed by atoms with Crippen molar-refractivity contribution >= 4 is 18.3 Å². The molecule has 2 fully saturated rings. The van der Waals surface area contributed by atoms with E-state index in [4.69, 9.17) is 5.73 Å². The highest BCUT2D eigenvalue weighted by molar-refractivity contribution is 5.85. The molecule has 2 unspecified atom stereocenters. The summed E-state index contributed by atoms with van der Waals surface area (Å²) in [6, 6.07) is 0.249. The van der Waals surface area contributed by atoms with Gasteiger partial charge in [0.05, 0.1) is 0 Å². The van der Waals surface area contributed by atoms with Crippen LogP contribution in [0.15, 0.2) is 0 Å². The lowest BCUT2D eigenvalue weighted by atomic mass is 9.83. The molecule has 19 heavy (non-hydrogen) atoms. The van der Waals surface area contributed by atoms with Crippen LogP contribution >= 0.6 is 12.4 Å². The van der Waals surface area contributed by atoms with Crippen molar-refractivity contribution in [3.8, 4) is 0 Å². The maximum atomic E-state index is 11.9. The Hall–Kier alpha value is -0.280. The molecule has 2 aliphatic carbocycles. The Bertz CT molecular complexity index is 267. The van der Waals surface area contributed by atoms with Gasteiger partial charge in [0.1, 0.15) is 0 Å². The molecule has 2 rings (SSSR count). The lowest BCUT2D eigenvalue weighted by Crippen LogP contribution is -2.37. The van der Waals surface area contributed by atoms with Crippen molar-refractivity contribution < 1.29 is 4.79 Å². The summed E-state index contributed by atoms with van der Waals surface area (Å²) < 4.78 is 0. The van der Waals surface area contributed by atoms with E-state index in [1.54, 1.807) is 0 Å². The molecule has 1 amide bonds. The molecular weight excluding hydrogens is 260 g/mol. The first-order chi connectivity index (χ1) is 8.75. The fraction of sp³-hybridized carbons (Fsp3) is 0.933. The van der Waals surface area contributed by atoms with E-state index in [2.05, 4.69) is 5.32 Å². The minimum Gasteiger partial charge on any atom is -0.356 e. The Kier molecular flexibility index (Phi) is 7.77. The predicted molar refractivity (Wildman–Crippen MR) is 81.4 cm³/mol. The van der Waals surface area contributed by atoms with E-state index in [-0.39, 0.29) is 24.4 Å². The van der Waals surface area contributed by atoms with E-state index < -0.39 is 0 Å². The Morgan fingerprint density at radius 1 is 1.05 bits per heavy atom. The van der Waals surface area contributed by atoms with Crippen molar-refractivity contribution in [1.82, 2.24) is 5.32 Å².